The van der Waals surface area contributed by atoms with E-state index in [2.05, 4.69) is 5.32 Å². The van der Waals surface area contributed by atoms with Crippen LogP contribution in [0.2, 0.25) is 0 Å². The van der Waals surface area contributed by atoms with Crippen molar-refractivity contribution in [2.45, 2.75) is 45.6 Å². The molecule has 2 rings (SSSR count). The van der Waals surface area contributed by atoms with E-state index in [1.165, 1.54) is 0 Å². The number of amides is 2. The first-order valence-electron chi connectivity index (χ1n) is 7.75. The number of hydrogen-bond acceptors (Lipinski definition) is 2. The molecule has 1 fully saturated rings. The second-order valence-electron chi connectivity index (χ2n) is 5.75. The van der Waals surface area contributed by atoms with Crippen molar-refractivity contribution in [2.75, 3.05) is 13.1 Å². The maximum absolute atomic E-state index is 12.4. The molecule has 114 valence electrons. The Morgan fingerprint density at radius 2 is 1.81 bits per heavy atom. The highest BCUT2D eigenvalue weighted by atomic mass is 16.2. The Labute approximate surface area is 126 Å². The van der Waals surface area contributed by atoms with Gasteiger partial charge >= 0.3 is 0 Å². The van der Waals surface area contributed by atoms with Crippen molar-refractivity contribution in [1.29, 1.82) is 0 Å². The predicted octanol–water partition coefficient (Wildman–Crippen LogP) is 2.52. The molecule has 2 amide bonds. The molecule has 1 saturated heterocycles. The Bertz CT molecular complexity index is 488. The summed E-state index contributed by atoms with van der Waals surface area (Å²) < 4.78 is 0. The van der Waals surface area contributed by atoms with Gasteiger partial charge in [0.2, 0.25) is 5.91 Å². The van der Waals surface area contributed by atoms with Gasteiger partial charge in [-0.15, -0.1) is 0 Å². The van der Waals surface area contributed by atoms with Gasteiger partial charge in [0, 0.05) is 31.1 Å². The molecule has 0 aliphatic carbocycles. The maximum Gasteiger partial charge on any atom is 0.253 e. The molecule has 1 aromatic carbocycles. The largest absolute Gasteiger partial charge is 0.353 e. The van der Waals surface area contributed by atoms with E-state index in [0.29, 0.717) is 19.5 Å². The van der Waals surface area contributed by atoms with Crippen molar-refractivity contribution in [3.8, 4) is 0 Å². The van der Waals surface area contributed by atoms with Crippen LogP contribution in [0.1, 0.15) is 48.5 Å². The van der Waals surface area contributed by atoms with Crippen LogP contribution in [0, 0.1) is 6.92 Å². The van der Waals surface area contributed by atoms with Gasteiger partial charge in [-0.25, -0.2) is 0 Å². The Balaban J connectivity index is 1.84. The van der Waals surface area contributed by atoms with E-state index in [1.54, 1.807) is 0 Å². The number of nitrogens with one attached hydrogen (secondary N) is 1. The van der Waals surface area contributed by atoms with Crippen LogP contribution in [-0.2, 0) is 4.79 Å². The average Bonchev–Trinajstić information content (AvgIpc) is 2.48. The SMILES string of the molecule is CCCC(=O)NC1CCN(C(=O)c2ccc(C)cc2)CC1. The zero-order valence-electron chi connectivity index (χ0n) is 12.9. The third-order valence-electron chi connectivity index (χ3n) is 3.92. The molecule has 21 heavy (non-hydrogen) atoms. The molecular formula is C17H24N2O2. The van der Waals surface area contributed by atoms with Gasteiger partial charge in [-0.1, -0.05) is 24.6 Å². The Morgan fingerprint density at radius 3 is 2.38 bits per heavy atom. The normalized spacial score (nSPS) is 15.8. The standard InChI is InChI=1S/C17H24N2O2/c1-3-4-16(20)18-15-9-11-19(12-10-15)17(21)14-7-5-13(2)6-8-14/h5-8,15H,3-4,9-12H2,1-2H3,(H,18,20). The molecule has 1 heterocycles. The minimum Gasteiger partial charge on any atom is -0.353 e. The molecule has 4 nitrogen and oxygen atoms in total. The molecule has 0 radical (unpaired) electrons. The molecule has 0 atom stereocenters. The van der Waals surface area contributed by atoms with Gasteiger partial charge in [0.15, 0.2) is 0 Å². The minimum atomic E-state index is 0.0911. The van der Waals surface area contributed by atoms with Gasteiger partial charge in [0.25, 0.3) is 5.91 Å². The number of carbonyl (C=O) groups is 2. The fourth-order valence-corrected chi connectivity index (χ4v) is 2.63. The Hall–Kier alpha value is -1.84. The Morgan fingerprint density at radius 1 is 1.19 bits per heavy atom. The van der Waals surface area contributed by atoms with Crippen molar-refractivity contribution in [3.05, 3.63) is 35.4 Å². The highest BCUT2D eigenvalue weighted by Crippen LogP contribution is 2.14. The fourth-order valence-electron chi connectivity index (χ4n) is 2.63. The van der Waals surface area contributed by atoms with Crippen LogP contribution < -0.4 is 5.32 Å². The van der Waals surface area contributed by atoms with Gasteiger partial charge in [0.1, 0.15) is 0 Å². The van der Waals surface area contributed by atoms with Gasteiger partial charge < -0.3 is 10.2 Å². The number of rotatable bonds is 4. The zero-order chi connectivity index (χ0) is 15.2. The number of likely N-dealkylation sites (tertiary alicyclic amines) is 1. The van der Waals surface area contributed by atoms with Gasteiger partial charge in [-0.2, -0.15) is 0 Å². The summed E-state index contributed by atoms with van der Waals surface area (Å²) in [5.41, 5.74) is 1.90. The van der Waals surface area contributed by atoms with Crippen molar-refractivity contribution in [2.24, 2.45) is 0 Å². The van der Waals surface area contributed by atoms with Crippen molar-refractivity contribution in [1.82, 2.24) is 10.2 Å². The number of nitrogens with zero attached hydrogens (tertiary/aromatic N) is 1. The van der Waals surface area contributed by atoms with Crippen LogP contribution in [0.15, 0.2) is 24.3 Å². The molecule has 0 aromatic heterocycles. The summed E-state index contributed by atoms with van der Waals surface area (Å²) in [7, 11) is 0. The number of hydrogen-bond donors (Lipinski definition) is 1. The number of carbonyl (C=O) groups excluding carboxylic acids is 2. The summed E-state index contributed by atoms with van der Waals surface area (Å²) in [4.78, 5) is 25.9. The van der Waals surface area contributed by atoms with E-state index in [0.717, 1.165) is 30.4 Å². The summed E-state index contributed by atoms with van der Waals surface area (Å²) in [5.74, 6) is 0.217. The molecule has 0 spiro atoms. The van der Waals surface area contributed by atoms with Gasteiger partial charge in [-0.05, 0) is 38.3 Å². The number of aryl methyl sites for hydroxylation is 1. The van der Waals surface area contributed by atoms with Crippen LogP contribution in [0.25, 0.3) is 0 Å². The molecule has 4 heteroatoms. The summed E-state index contributed by atoms with van der Waals surface area (Å²) >= 11 is 0. The highest BCUT2D eigenvalue weighted by Gasteiger charge is 2.24. The molecule has 1 N–H and O–H groups in total. The molecule has 1 aromatic rings. The van der Waals surface area contributed by atoms with Crippen LogP contribution in [-0.4, -0.2) is 35.8 Å². The lowest BCUT2D eigenvalue weighted by Gasteiger charge is -2.32. The molecule has 0 unspecified atom stereocenters. The van der Waals surface area contributed by atoms with E-state index >= 15 is 0 Å². The third kappa shape index (κ3) is 4.31. The van der Waals surface area contributed by atoms with Crippen LogP contribution in [0.5, 0.6) is 0 Å². The van der Waals surface area contributed by atoms with E-state index in [1.807, 2.05) is 43.0 Å². The number of benzene rings is 1. The second-order valence-corrected chi connectivity index (χ2v) is 5.75. The average molecular weight is 288 g/mol. The zero-order valence-corrected chi connectivity index (χ0v) is 12.9. The molecule has 0 saturated carbocycles. The fraction of sp³-hybridized carbons (Fsp3) is 0.529. The summed E-state index contributed by atoms with van der Waals surface area (Å²) in [5, 5.41) is 3.05. The molecule has 1 aliphatic heterocycles. The van der Waals surface area contributed by atoms with E-state index in [-0.39, 0.29) is 17.9 Å². The predicted molar refractivity (Wildman–Crippen MR) is 83.2 cm³/mol. The summed E-state index contributed by atoms with van der Waals surface area (Å²) in [6.07, 6.45) is 3.14. The smallest absolute Gasteiger partial charge is 0.253 e. The van der Waals surface area contributed by atoms with Crippen molar-refractivity contribution in [3.63, 3.8) is 0 Å². The van der Waals surface area contributed by atoms with E-state index in [4.69, 9.17) is 0 Å². The van der Waals surface area contributed by atoms with Crippen LogP contribution in [0.3, 0.4) is 0 Å². The van der Waals surface area contributed by atoms with Gasteiger partial charge in [-0.3, -0.25) is 9.59 Å². The van der Waals surface area contributed by atoms with Crippen LogP contribution >= 0.6 is 0 Å². The monoisotopic (exact) mass is 288 g/mol. The first-order valence-corrected chi connectivity index (χ1v) is 7.75. The second kappa shape index (κ2) is 7.25. The molecule has 1 aliphatic rings. The maximum atomic E-state index is 12.4. The molecule has 0 bridgehead atoms. The van der Waals surface area contributed by atoms with Crippen LogP contribution in [0.4, 0.5) is 0 Å². The summed E-state index contributed by atoms with van der Waals surface area (Å²) in [6, 6.07) is 7.90. The highest BCUT2D eigenvalue weighted by molar-refractivity contribution is 5.94. The summed E-state index contributed by atoms with van der Waals surface area (Å²) in [6.45, 7) is 5.44. The first kappa shape index (κ1) is 15.5. The third-order valence-corrected chi connectivity index (χ3v) is 3.92. The molecular weight excluding hydrogens is 264 g/mol. The Kier molecular flexibility index (Phi) is 5.37. The topological polar surface area (TPSA) is 49.4 Å². The lowest BCUT2D eigenvalue weighted by molar-refractivity contribution is -0.122. The lowest BCUT2D eigenvalue weighted by Crippen LogP contribution is -2.46. The van der Waals surface area contributed by atoms with E-state index in [9.17, 15) is 9.59 Å². The quantitative estimate of drug-likeness (QED) is 0.925. The lowest BCUT2D eigenvalue weighted by atomic mass is 10.0. The van der Waals surface area contributed by atoms with Gasteiger partial charge in [0.05, 0.1) is 0 Å². The first-order chi connectivity index (χ1) is 10.1. The van der Waals surface area contributed by atoms with E-state index < -0.39 is 0 Å². The van der Waals surface area contributed by atoms with Crippen molar-refractivity contribution >= 4 is 11.8 Å². The number of piperidine rings is 1. The van der Waals surface area contributed by atoms with Crippen molar-refractivity contribution < 1.29 is 9.59 Å². The minimum absolute atomic E-state index is 0.0911.